The van der Waals surface area contributed by atoms with E-state index in [0.29, 0.717) is 32.5 Å². The quantitative estimate of drug-likeness (QED) is 0.184. The lowest BCUT2D eigenvalue weighted by molar-refractivity contribution is -0.129. The molecule has 0 aliphatic carbocycles. The van der Waals surface area contributed by atoms with Crippen LogP contribution in [0.5, 0.6) is 0 Å². The van der Waals surface area contributed by atoms with Gasteiger partial charge in [0.1, 0.15) is 0 Å². The third-order valence-electron chi connectivity index (χ3n) is 7.08. The summed E-state index contributed by atoms with van der Waals surface area (Å²) in [4.78, 5) is 40.8. The summed E-state index contributed by atoms with van der Waals surface area (Å²) >= 11 is 0. The highest BCUT2D eigenvalue weighted by atomic mass is 32.2. The molecule has 2 rings (SSSR count). The number of carbonyl (C=O) groups excluding carboxylic acids is 3. The molecule has 44 heavy (non-hydrogen) atoms. The lowest BCUT2D eigenvalue weighted by Crippen LogP contribution is -2.54. The zero-order chi connectivity index (χ0) is 32.9. The van der Waals surface area contributed by atoms with Gasteiger partial charge in [-0.25, -0.2) is 18.6 Å². The van der Waals surface area contributed by atoms with Gasteiger partial charge in [0.05, 0.1) is 17.0 Å². The number of aliphatic hydroxyl groups excluding tert-OH is 1. The van der Waals surface area contributed by atoms with Gasteiger partial charge in [0.15, 0.2) is 0 Å². The van der Waals surface area contributed by atoms with Crippen LogP contribution in [0, 0.1) is 5.92 Å². The number of hydrazine groups is 1. The number of rotatable bonds is 18. The van der Waals surface area contributed by atoms with E-state index in [1.165, 1.54) is 12.1 Å². The maximum absolute atomic E-state index is 13.7. The Balaban J connectivity index is 2.46. The summed E-state index contributed by atoms with van der Waals surface area (Å²) in [6.45, 7) is 10.9. The Bertz CT molecular complexity index is 1330. The number of nitrogens with one attached hydrogen (secondary N) is 2. The number of primary sulfonamides is 1. The number of benzene rings is 2. The first-order valence-electron chi connectivity index (χ1n) is 15.4. The van der Waals surface area contributed by atoms with Gasteiger partial charge in [-0.05, 0) is 49.4 Å². The summed E-state index contributed by atoms with van der Waals surface area (Å²) in [6.07, 6.45) is 2.22. The Morgan fingerprint density at radius 1 is 0.909 bits per heavy atom. The summed E-state index contributed by atoms with van der Waals surface area (Å²) in [5, 5.41) is 21.4. The van der Waals surface area contributed by atoms with E-state index < -0.39 is 34.0 Å². The number of hydrogen-bond acceptors (Lipinski definition) is 7. The van der Waals surface area contributed by atoms with Crippen LogP contribution in [-0.4, -0.2) is 79.5 Å². The van der Waals surface area contributed by atoms with Gasteiger partial charge in [-0.2, -0.15) is 0 Å². The molecule has 3 amide bonds. The van der Waals surface area contributed by atoms with Crippen molar-refractivity contribution in [2.75, 3.05) is 26.2 Å². The standard InChI is InChI=1S/C32H49N5O6S/c1-6-9-17-37(35-30(39)23(4)5)22-29(38)28(18-24-13-11-10-12-14-24)34-31(40)25-19-26(21-27(20-25)44(33,42)43)32(41)36(15-7-2)16-8-3/h10-14,19-21,23,28-29,38H,6-9,15-18,22H2,1-5H3,(H,34,40)(H,35,39)(H2,33,42,43). The average Bonchev–Trinajstić information content (AvgIpc) is 2.98. The van der Waals surface area contributed by atoms with Crippen LogP contribution < -0.4 is 15.9 Å². The second kappa shape index (κ2) is 17.8. The van der Waals surface area contributed by atoms with E-state index in [0.717, 1.165) is 24.5 Å². The Kier molecular flexibility index (Phi) is 15.0. The van der Waals surface area contributed by atoms with E-state index in [2.05, 4.69) is 10.7 Å². The van der Waals surface area contributed by atoms with Crippen LogP contribution in [0.2, 0.25) is 0 Å². The molecule has 0 bridgehead atoms. The van der Waals surface area contributed by atoms with Crippen molar-refractivity contribution in [2.24, 2.45) is 11.1 Å². The molecule has 0 fully saturated rings. The van der Waals surface area contributed by atoms with Gasteiger partial charge >= 0.3 is 0 Å². The Labute approximate surface area is 262 Å². The highest BCUT2D eigenvalue weighted by Gasteiger charge is 2.27. The second-order valence-electron chi connectivity index (χ2n) is 11.4. The van der Waals surface area contributed by atoms with Crippen LogP contribution in [0.15, 0.2) is 53.4 Å². The minimum absolute atomic E-state index is 0.0332. The predicted molar refractivity (Wildman–Crippen MR) is 171 cm³/mol. The summed E-state index contributed by atoms with van der Waals surface area (Å²) in [6, 6.07) is 12.2. The summed E-state index contributed by atoms with van der Waals surface area (Å²) in [7, 11) is -4.25. The van der Waals surface area contributed by atoms with Crippen LogP contribution in [0.4, 0.5) is 0 Å². The van der Waals surface area contributed by atoms with E-state index >= 15 is 0 Å². The van der Waals surface area contributed by atoms with Crippen molar-refractivity contribution < 1.29 is 27.9 Å². The number of nitrogens with zero attached hydrogens (tertiary/aromatic N) is 2. The van der Waals surface area contributed by atoms with Crippen LogP contribution in [-0.2, 0) is 21.2 Å². The van der Waals surface area contributed by atoms with Gasteiger partial charge in [0.2, 0.25) is 15.9 Å². The smallest absolute Gasteiger partial charge is 0.253 e. The van der Waals surface area contributed by atoms with Crippen molar-refractivity contribution in [1.82, 2.24) is 20.7 Å². The number of sulfonamides is 1. The molecule has 0 radical (unpaired) electrons. The van der Waals surface area contributed by atoms with Crippen LogP contribution in [0.1, 0.15) is 86.6 Å². The average molecular weight is 632 g/mol. The first-order chi connectivity index (χ1) is 20.8. The zero-order valence-corrected chi connectivity index (χ0v) is 27.4. The number of unbranched alkanes of at least 4 members (excludes halogenated alkanes) is 1. The molecule has 11 nitrogen and oxygen atoms in total. The monoisotopic (exact) mass is 631 g/mol. The Morgan fingerprint density at radius 3 is 2.07 bits per heavy atom. The molecule has 2 aromatic rings. The maximum Gasteiger partial charge on any atom is 0.253 e. The van der Waals surface area contributed by atoms with E-state index in [-0.39, 0.29) is 40.8 Å². The van der Waals surface area contributed by atoms with Gasteiger partial charge in [0, 0.05) is 43.2 Å². The molecule has 0 spiro atoms. The fraction of sp³-hybridized carbons (Fsp3) is 0.531. The molecule has 12 heteroatoms. The van der Waals surface area contributed by atoms with Crippen molar-refractivity contribution >= 4 is 27.7 Å². The molecule has 2 aromatic carbocycles. The number of amides is 3. The lowest BCUT2D eigenvalue weighted by Gasteiger charge is -2.31. The summed E-state index contributed by atoms with van der Waals surface area (Å²) in [5.41, 5.74) is 3.67. The second-order valence-corrected chi connectivity index (χ2v) is 12.9. The van der Waals surface area contributed by atoms with Crippen molar-refractivity contribution in [3.63, 3.8) is 0 Å². The van der Waals surface area contributed by atoms with Crippen molar-refractivity contribution in [2.45, 2.75) is 83.8 Å². The highest BCUT2D eigenvalue weighted by Crippen LogP contribution is 2.18. The first kappa shape index (κ1) is 36.9. The van der Waals surface area contributed by atoms with Crippen molar-refractivity contribution in [3.8, 4) is 0 Å². The molecule has 244 valence electrons. The molecular formula is C32H49N5O6S. The normalized spacial score (nSPS) is 13.0. The fourth-order valence-corrected chi connectivity index (χ4v) is 5.22. The molecule has 0 heterocycles. The van der Waals surface area contributed by atoms with Crippen LogP contribution >= 0.6 is 0 Å². The summed E-state index contributed by atoms with van der Waals surface area (Å²) in [5.74, 6) is -1.52. The molecule has 5 N–H and O–H groups in total. The topological polar surface area (TPSA) is 162 Å². The minimum atomic E-state index is -4.25. The van der Waals surface area contributed by atoms with Crippen LogP contribution in [0.3, 0.4) is 0 Å². The molecule has 2 unspecified atom stereocenters. The van der Waals surface area contributed by atoms with Gasteiger partial charge in [0.25, 0.3) is 11.8 Å². The van der Waals surface area contributed by atoms with Crippen molar-refractivity contribution in [1.29, 1.82) is 0 Å². The minimum Gasteiger partial charge on any atom is -0.390 e. The van der Waals surface area contributed by atoms with E-state index in [1.807, 2.05) is 51.1 Å². The van der Waals surface area contributed by atoms with Crippen molar-refractivity contribution in [3.05, 3.63) is 65.2 Å². The molecule has 0 aromatic heterocycles. The molecule has 0 aliphatic heterocycles. The first-order valence-corrected chi connectivity index (χ1v) is 16.9. The van der Waals surface area contributed by atoms with E-state index in [1.54, 1.807) is 23.8 Å². The SMILES string of the molecule is CCCCN(CC(O)C(Cc1ccccc1)NC(=O)c1cc(C(=O)N(CCC)CCC)cc(S(N)(=O)=O)c1)NC(=O)C(C)C. The summed E-state index contributed by atoms with van der Waals surface area (Å²) < 4.78 is 24.7. The number of hydrogen-bond donors (Lipinski definition) is 4. The third-order valence-corrected chi connectivity index (χ3v) is 7.97. The predicted octanol–water partition coefficient (Wildman–Crippen LogP) is 3.09. The van der Waals surface area contributed by atoms with E-state index in [4.69, 9.17) is 5.14 Å². The number of carbonyl (C=O) groups is 3. The van der Waals surface area contributed by atoms with E-state index in [9.17, 15) is 27.9 Å². The molecule has 2 atom stereocenters. The Hall–Kier alpha value is -3.32. The molecular weight excluding hydrogens is 582 g/mol. The molecule has 0 aliphatic rings. The van der Waals surface area contributed by atoms with Gasteiger partial charge in [-0.1, -0.05) is 71.4 Å². The molecule has 0 saturated heterocycles. The molecule has 0 saturated carbocycles. The maximum atomic E-state index is 13.7. The largest absolute Gasteiger partial charge is 0.390 e. The number of nitrogens with two attached hydrogens (primary N) is 1. The van der Waals surface area contributed by atoms with Gasteiger partial charge < -0.3 is 15.3 Å². The van der Waals surface area contributed by atoms with Gasteiger partial charge in [-0.3, -0.25) is 19.8 Å². The highest BCUT2D eigenvalue weighted by molar-refractivity contribution is 7.89. The van der Waals surface area contributed by atoms with Crippen LogP contribution in [0.25, 0.3) is 0 Å². The third kappa shape index (κ3) is 11.6. The fourth-order valence-electron chi connectivity index (χ4n) is 4.64. The number of aliphatic hydroxyl groups is 1. The van der Waals surface area contributed by atoms with Gasteiger partial charge in [-0.15, -0.1) is 0 Å². The Morgan fingerprint density at radius 2 is 1.52 bits per heavy atom. The lowest BCUT2D eigenvalue weighted by atomic mass is 10.00. The zero-order valence-electron chi connectivity index (χ0n) is 26.6.